The van der Waals surface area contributed by atoms with Gasteiger partial charge in [0.25, 0.3) is 0 Å². The molecule has 1 N–H and O–H groups in total. The summed E-state index contributed by atoms with van der Waals surface area (Å²) in [6.45, 7) is 14.3. The first-order chi connectivity index (χ1) is 14.2. The number of aliphatic hydroxyl groups is 1. The summed E-state index contributed by atoms with van der Waals surface area (Å²) in [5, 5.41) is 7.00. The van der Waals surface area contributed by atoms with Crippen LogP contribution in [-0.2, 0) is 9.59 Å². The molecule has 0 saturated heterocycles. The van der Waals surface area contributed by atoms with Gasteiger partial charge in [-0.3, -0.25) is 14.4 Å². The number of hydrogen-bond acceptors (Lipinski definition) is 4. The highest BCUT2D eigenvalue weighted by molar-refractivity contribution is 5.99. The second-order valence-corrected chi connectivity index (χ2v) is 6.15. The minimum Gasteiger partial charge on any atom is -0.400 e. The number of Topliss-reactive ketones (excluding diaryl/α,β-unsaturated/α-hetero) is 3. The first kappa shape index (κ1) is 32.1. The fraction of sp³-hybridized carbons (Fsp3) is 0.423. The van der Waals surface area contributed by atoms with Crippen molar-refractivity contribution in [1.82, 2.24) is 0 Å². The summed E-state index contributed by atoms with van der Waals surface area (Å²) in [5.41, 5.74) is 3.07. The highest BCUT2D eigenvalue weighted by Gasteiger charge is 2.11. The number of ketones is 3. The van der Waals surface area contributed by atoms with Crippen molar-refractivity contribution in [1.29, 1.82) is 0 Å². The lowest BCUT2D eigenvalue weighted by atomic mass is 10.0. The number of rotatable bonds is 4. The van der Waals surface area contributed by atoms with Crippen LogP contribution in [0.25, 0.3) is 11.1 Å². The van der Waals surface area contributed by atoms with Crippen LogP contribution in [0.5, 0.6) is 0 Å². The van der Waals surface area contributed by atoms with Crippen molar-refractivity contribution in [3.63, 3.8) is 0 Å². The van der Waals surface area contributed by atoms with Crippen LogP contribution in [0.2, 0.25) is 0 Å². The van der Waals surface area contributed by atoms with Crippen LogP contribution < -0.4 is 0 Å². The summed E-state index contributed by atoms with van der Waals surface area (Å²) in [6.07, 6.45) is 1.25. The Bertz CT molecular complexity index is 675. The average Bonchev–Trinajstić information content (AvgIpc) is 2.77. The van der Waals surface area contributed by atoms with Crippen LogP contribution in [-0.4, -0.2) is 29.6 Å². The van der Waals surface area contributed by atoms with Gasteiger partial charge in [-0.15, -0.1) is 0 Å². The highest BCUT2D eigenvalue weighted by Crippen LogP contribution is 2.19. The summed E-state index contributed by atoms with van der Waals surface area (Å²) in [7, 11) is 1.00. The first-order valence-corrected chi connectivity index (χ1v) is 10.4. The lowest BCUT2D eigenvalue weighted by Gasteiger charge is -2.01. The van der Waals surface area contributed by atoms with Crippen LogP contribution in [0.3, 0.4) is 0 Å². The lowest BCUT2D eigenvalue weighted by Crippen LogP contribution is -2.14. The van der Waals surface area contributed by atoms with Gasteiger partial charge in [-0.1, -0.05) is 88.7 Å². The Hall–Kier alpha value is -2.59. The van der Waals surface area contributed by atoms with Gasteiger partial charge in [-0.2, -0.15) is 0 Å². The minimum absolute atomic E-state index is 0.0579. The van der Waals surface area contributed by atoms with Crippen molar-refractivity contribution in [2.75, 3.05) is 7.11 Å². The van der Waals surface area contributed by atoms with E-state index >= 15 is 0 Å². The van der Waals surface area contributed by atoms with Crippen LogP contribution in [0, 0.1) is 5.92 Å². The third-order valence-electron chi connectivity index (χ3n) is 3.62. The SMILES string of the molecule is CC.CC(=O)C(C)C(C)=O.CC(=O)c1ccc(-c2ccccc2)cc1.CCC.CO. The molecule has 0 fully saturated rings. The van der Waals surface area contributed by atoms with E-state index in [1.807, 2.05) is 56.3 Å². The zero-order valence-electron chi connectivity index (χ0n) is 20.2. The number of hydrogen-bond donors (Lipinski definition) is 1. The van der Waals surface area contributed by atoms with Crippen molar-refractivity contribution in [3.8, 4) is 11.1 Å². The van der Waals surface area contributed by atoms with Crippen LogP contribution in [0.1, 0.15) is 72.2 Å². The van der Waals surface area contributed by atoms with E-state index in [9.17, 15) is 14.4 Å². The lowest BCUT2D eigenvalue weighted by molar-refractivity contribution is -0.129. The molecule has 2 rings (SSSR count). The Morgan fingerprint density at radius 3 is 1.33 bits per heavy atom. The second kappa shape index (κ2) is 21.1. The Morgan fingerprint density at radius 2 is 1.07 bits per heavy atom. The van der Waals surface area contributed by atoms with E-state index in [2.05, 4.69) is 26.0 Å². The van der Waals surface area contributed by atoms with Crippen LogP contribution in [0.15, 0.2) is 54.6 Å². The van der Waals surface area contributed by atoms with E-state index in [-0.39, 0.29) is 17.3 Å². The van der Waals surface area contributed by atoms with Crippen LogP contribution >= 0.6 is 0 Å². The minimum atomic E-state index is -0.407. The Morgan fingerprint density at radius 1 is 0.733 bits per heavy atom. The summed E-state index contributed by atoms with van der Waals surface area (Å²) < 4.78 is 0. The van der Waals surface area contributed by atoms with Gasteiger partial charge in [-0.25, -0.2) is 0 Å². The Kier molecular flexibility index (Phi) is 22.6. The molecule has 0 radical (unpaired) electrons. The molecule has 0 heterocycles. The molecule has 0 atom stereocenters. The molecule has 0 aliphatic carbocycles. The molecular weight excluding hydrogens is 376 g/mol. The molecule has 2 aromatic carbocycles. The van der Waals surface area contributed by atoms with E-state index < -0.39 is 5.92 Å². The standard InChI is InChI=1S/C14H12O.C6H10O2.C3H8.C2H6.CH4O/c1-11(15)12-7-9-14(10-8-12)13-5-3-2-4-6-13;1-4(5(2)7)6(3)8;1-3-2;2*1-2/h2-10H,1H3;4H,1-3H3;3H2,1-2H3;1-2H3;2H,1H3. The number of aliphatic hydroxyl groups excluding tert-OH is 1. The van der Waals surface area contributed by atoms with Crippen molar-refractivity contribution in [2.24, 2.45) is 5.92 Å². The number of benzene rings is 2. The quantitative estimate of drug-likeness (QED) is 0.462. The molecule has 4 heteroatoms. The molecule has 168 valence electrons. The van der Waals surface area contributed by atoms with E-state index in [4.69, 9.17) is 5.11 Å². The second-order valence-electron chi connectivity index (χ2n) is 6.15. The topological polar surface area (TPSA) is 71.4 Å². The largest absolute Gasteiger partial charge is 0.400 e. The molecule has 0 bridgehead atoms. The summed E-state index contributed by atoms with van der Waals surface area (Å²) >= 11 is 0. The van der Waals surface area contributed by atoms with E-state index in [0.717, 1.165) is 18.2 Å². The van der Waals surface area contributed by atoms with E-state index in [1.54, 1.807) is 13.8 Å². The van der Waals surface area contributed by atoms with Gasteiger partial charge in [-0.05, 0) is 38.8 Å². The van der Waals surface area contributed by atoms with Gasteiger partial charge in [0.1, 0.15) is 11.6 Å². The maximum Gasteiger partial charge on any atom is 0.159 e. The molecule has 0 aromatic heterocycles. The maximum absolute atomic E-state index is 11.1. The molecular formula is C26H40O4. The van der Waals surface area contributed by atoms with Gasteiger partial charge < -0.3 is 5.11 Å². The van der Waals surface area contributed by atoms with E-state index in [1.165, 1.54) is 25.8 Å². The third kappa shape index (κ3) is 15.3. The normalized spacial score (nSPS) is 8.50. The van der Waals surface area contributed by atoms with Gasteiger partial charge in [0.2, 0.25) is 0 Å². The van der Waals surface area contributed by atoms with Gasteiger partial charge in [0.05, 0.1) is 5.92 Å². The van der Waals surface area contributed by atoms with Crippen molar-refractivity contribution >= 4 is 17.3 Å². The fourth-order valence-corrected chi connectivity index (χ4v) is 1.81. The van der Waals surface area contributed by atoms with Gasteiger partial charge >= 0.3 is 0 Å². The average molecular weight is 417 g/mol. The zero-order chi connectivity index (χ0) is 24.1. The molecule has 0 aliphatic heterocycles. The van der Waals surface area contributed by atoms with Crippen molar-refractivity contribution in [3.05, 3.63) is 60.2 Å². The molecule has 2 aromatic rings. The van der Waals surface area contributed by atoms with Crippen LogP contribution in [0.4, 0.5) is 0 Å². The summed E-state index contributed by atoms with van der Waals surface area (Å²) in [5.74, 6) is -0.417. The number of carbonyl (C=O) groups is 3. The highest BCUT2D eigenvalue weighted by atomic mass is 16.2. The van der Waals surface area contributed by atoms with Gasteiger partial charge in [0.15, 0.2) is 5.78 Å². The first-order valence-electron chi connectivity index (χ1n) is 10.4. The zero-order valence-corrected chi connectivity index (χ0v) is 20.2. The van der Waals surface area contributed by atoms with Crippen molar-refractivity contribution in [2.45, 2.75) is 61.8 Å². The molecule has 4 nitrogen and oxygen atoms in total. The molecule has 0 spiro atoms. The predicted molar refractivity (Wildman–Crippen MR) is 128 cm³/mol. The Labute approximate surface area is 183 Å². The van der Waals surface area contributed by atoms with Crippen molar-refractivity contribution < 1.29 is 19.5 Å². The van der Waals surface area contributed by atoms with E-state index in [0.29, 0.717) is 0 Å². The summed E-state index contributed by atoms with van der Waals surface area (Å²) in [4.78, 5) is 31.8. The predicted octanol–water partition coefficient (Wildman–Crippen LogP) is 6.41. The Balaban J connectivity index is -0.000000413. The molecule has 30 heavy (non-hydrogen) atoms. The third-order valence-corrected chi connectivity index (χ3v) is 3.62. The maximum atomic E-state index is 11.1. The monoisotopic (exact) mass is 416 g/mol. The summed E-state index contributed by atoms with van der Waals surface area (Å²) in [6, 6.07) is 17.8. The molecule has 0 amide bonds. The fourth-order valence-electron chi connectivity index (χ4n) is 1.81. The molecule has 0 saturated carbocycles. The molecule has 0 aliphatic rings. The molecule has 0 unspecified atom stereocenters. The number of carbonyl (C=O) groups excluding carboxylic acids is 3. The van der Waals surface area contributed by atoms with Gasteiger partial charge in [0, 0.05) is 12.7 Å². The smallest absolute Gasteiger partial charge is 0.159 e.